The third kappa shape index (κ3) is 2.03. The van der Waals surface area contributed by atoms with Gasteiger partial charge in [-0.05, 0) is 0 Å². The summed E-state index contributed by atoms with van der Waals surface area (Å²) in [7, 11) is 0. The zero-order chi connectivity index (χ0) is 6.69. The Kier molecular flexibility index (Phi) is 3.17. The molecule has 2 atom stereocenters. The van der Waals surface area contributed by atoms with Gasteiger partial charge in [-0.25, -0.2) is 0 Å². The van der Waals surface area contributed by atoms with Crippen molar-refractivity contribution in [1.29, 1.82) is 0 Å². The molecule has 1 saturated heterocycles. The maximum Gasteiger partial charge on any atom is 0.167 e. The van der Waals surface area contributed by atoms with Gasteiger partial charge in [0.25, 0.3) is 0 Å². The van der Waals surface area contributed by atoms with E-state index in [0.717, 1.165) is 4.43 Å². The van der Waals surface area contributed by atoms with Crippen LogP contribution < -0.4 is 0 Å². The van der Waals surface area contributed by atoms with Crippen LogP contribution in [0.15, 0.2) is 0 Å². The SMILES string of the molecule is OC[C@@H]1CO[C@H](CI)O1. The number of halogens is 1. The fraction of sp³-hybridized carbons (Fsp3) is 1.00. The number of aliphatic hydroxyl groups is 1. The van der Waals surface area contributed by atoms with Crippen molar-refractivity contribution < 1.29 is 14.6 Å². The topological polar surface area (TPSA) is 38.7 Å². The lowest BCUT2D eigenvalue weighted by atomic mass is 10.4. The van der Waals surface area contributed by atoms with Crippen molar-refractivity contribution in [3.63, 3.8) is 0 Å². The molecular weight excluding hydrogens is 235 g/mol. The molecule has 0 aromatic rings. The molecule has 4 heteroatoms. The van der Waals surface area contributed by atoms with Gasteiger partial charge >= 0.3 is 0 Å². The molecule has 0 saturated carbocycles. The Morgan fingerprint density at radius 3 is 2.78 bits per heavy atom. The monoisotopic (exact) mass is 244 g/mol. The first kappa shape index (κ1) is 7.71. The fourth-order valence-electron chi connectivity index (χ4n) is 0.685. The molecule has 0 aromatic carbocycles. The number of aliphatic hydroxyl groups excluding tert-OH is 1. The maximum absolute atomic E-state index is 8.57. The lowest BCUT2D eigenvalue weighted by Crippen LogP contribution is -2.16. The Bertz CT molecular complexity index is 78.3. The van der Waals surface area contributed by atoms with E-state index in [1.807, 2.05) is 0 Å². The van der Waals surface area contributed by atoms with Gasteiger partial charge in [-0.2, -0.15) is 0 Å². The predicted molar refractivity (Wildman–Crippen MR) is 40.6 cm³/mol. The summed E-state index contributed by atoms with van der Waals surface area (Å²) in [5.41, 5.74) is 0. The standard InChI is InChI=1S/C5H9IO3/c6-1-5-8-3-4(2-7)9-5/h4-5,7H,1-3H2/t4-,5+/m1/s1. The molecule has 3 nitrogen and oxygen atoms in total. The van der Waals surface area contributed by atoms with Gasteiger partial charge in [0, 0.05) is 0 Å². The minimum Gasteiger partial charge on any atom is -0.394 e. The average molecular weight is 244 g/mol. The van der Waals surface area contributed by atoms with Crippen LogP contribution in [-0.4, -0.2) is 35.1 Å². The summed E-state index contributed by atoms with van der Waals surface area (Å²) < 4.78 is 11.1. The van der Waals surface area contributed by atoms with Crippen molar-refractivity contribution >= 4 is 22.6 Å². The number of ether oxygens (including phenoxy) is 2. The van der Waals surface area contributed by atoms with Crippen LogP contribution in [0.25, 0.3) is 0 Å². The van der Waals surface area contributed by atoms with Crippen molar-refractivity contribution in [2.24, 2.45) is 0 Å². The molecule has 0 radical (unpaired) electrons. The minimum atomic E-state index is -0.0947. The van der Waals surface area contributed by atoms with Gasteiger partial charge in [0.2, 0.25) is 0 Å². The third-order valence-corrected chi connectivity index (χ3v) is 1.86. The van der Waals surface area contributed by atoms with Gasteiger partial charge < -0.3 is 14.6 Å². The van der Waals surface area contributed by atoms with Crippen LogP contribution in [0, 0.1) is 0 Å². The first-order chi connectivity index (χ1) is 4.36. The lowest BCUT2D eigenvalue weighted by Gasteiger charge is -2.04. The molecule has 1 rings (SSSR count). The molecule has 0 aromatic heterocycles. The molecule has 0 spiro atoms. The second-order valence-electron chi connectivity index (χ2n) is 1.86. The van der Waals surface area contributed by atoms with E-state index < -0.39 is 0 Å². The highest BCUT2D eigenvalue weighted by molar-refractivity contribution is 14.1. The second kappa shape index (κ2) is 3.70. The van der Waals surface area contributed by atoms with Gasteiger partial charge in [0.05, 0.1) is 17.6 Å². The van der Waals surface area contributed by atoms with Crippen molar-refractivity contribution in [2.45, 2.75) is 12.4 Å². The number of alkyl halides is 1. The normalized spacial score (nSPS) is 35.3. The zero-order valence-electron chi connectivity index (χ0n) is 4.92. The van der Waals surface area contributed by atoms with E-state index in [9.17, 15) is 0 Å². The van der Waals surface area contributed by atoms with Gasteiger partial charge in [-0.15, -0.1) is 0 Å². The summed E-state index contributed by atoms with van der Waals surface area (Å²) in [6.45, 7) is 0.595. The molecule has 0 unspecified atom stereocenters. The van der Waals surface area contributed by atoms with Crippen LogP contribution >= 0.6 is 22.6 Å². The summed E-state index contributed by atoms with van der Waals surface area (Å²) in [4.78, 5) is 0. The van der Waals surface area contributed by atoms with E-state index in [1.165, 1.54) is 0 Å². The van der Waals surface area contributed by atoms with Crippen molar-refractivity contribution in [1.82, 2.24) is 0 Å². The Hall–Kier alpha value is 0.610. The molecule has 1 heterocycles. The molecule has 1 N–H and O–H groups in total. The predicted octanol–water partition coefficient (Wildman–Crippen LogP) is 0.155. The van der Waals surface area contributed by atoms with Crippen LogP contribution in [0.1, 0.15) is 0 Å². The Balaban J connectivity index is 2.20. The van der Waals surface area contributed by atoms with E-state index in [4.69, 9.17) is 14.6 Å². The van der Waals surface area contributed by atoms with Gasteiger partial charge in [-0.1, -0.05) is 22.6 Å². The fourth-order valence-corrected chi connectivity index (χ4v) is 1.15. The number of rotatable bonds is 2. The molecule has 0 bridgehead atoms. The molecule has 1 fully saturated rings. The number of hydrogen-bond donors (Lipinski definition) is 1. The smallest absolute Gasteiger partial charge is 0.167 e. The zero-order valence-corrected chi connectivity index (χ0v) is 7.08. The summed E-state index contributed by atoms with van der Waals surface area (Å²) in [5.74, 6) is 0. The largest absolute Gasteiger partial charge is 0.394 e. The Labute approximate surface area is 67.5 Å². The van der Waals surface area contributed by atoms with Gasteiger partial charge in [-0.3, -0.25) is 0 Å². The van der Waals surface area contributed by atoms with Crippen molar-refractivity contribution in [3.8, 4) is 0 Å². The molecule has 9 heavy (non-hydrogen) atoms. The number of hydrogen-bond acceptors (Lipinski definition) is 3. The van der Waals surface area contributed by atoms with Crippen LogP contribution in [0.3, 0.4) is 0 Å². The summed E-state index contributed by atoms with van der Waals surface area (Å²) in [6, 6.07) is 0. The van der Waals surface area contributed by atoms with E-state index in [0.29, 0.717) is 6.61 Å². The first-order valence-corrected chi connectivity index (χ1v) is 4.33. The van der Waals surface area contributed by atoms with Crippen LogP contribution in [0.5, 0.6) is 0 Å². The molecule has 0 aliphatic carbocycles. The summed E-state index contributed by atoms with van der Waals surface area (Å²) >= 11 is 2.18. The minimum absolute atomic E-state index is 0.0626. The van der Waals surface area contributed by atoms with E-state index >= 15 is 0 Å². The molecule has 1 aliphatic heterocycles. The van der Waals surface area contributed by atoms with Crippen molar-refractivity contribution in [3.05, 3.63) is 0 Å². The van der Waals surface area contributed by atoms with E-state index in [-0.39, 0.29) is 19.0 Å². The molecule has 54 valence electrons. The Morgan fingerprint density at radius 2 is 2.44 bits per heavy atom. The first-order valence-electron chi connectivity index (χ1n) is 2.80. The van der Waals surface area contributed by atoms with E-state index in [2.05, 4.69) is 22.6 Å². The lowest BCUT2D eigenvalue weighted by molar-refractivity contribution is -0.0450. The summed E-state index contributed by atoms with van der Waals surface area (Å²) in [6.07, 6.45) is -0.187. The quantitative estimate of drug-likeness (QED) is 0.555. The summed E-state index contributed by atoms with van der Waals surface area (Å²) in [5, 5.41) is 8.57. The highest BCUT2D eigenvalue weighted by Gasteiger charge is 2.23. The highest BCUT2D eigenvalue weighted by atomic mass is 127. The van der Waals surface area contributed by atoms with Crippen molar-refractivity contribution in [2.75, 3.05) is 17.6 Å². The average Bonchev–Trinajstić information content (AvgIpc) is 2.34. The van der Waals surface area contributed by atoms with Crippen LogP contribution in [0.4, 0.5) is 0 Å². The van der Waals surface area contributed by atoms with Crippen LogP contribution in [0.2, 0.25) is 0 Å². The Morgan fingerprint density at radius 1 is 1.67 bits per heavy atom. The molecule has 0 amide bonds. The highest BCUT2D eigenvalue weighted by Crippen LogP contribution is 2.12. The van der Waals surface area contributed by atoms with Gasteiger partial charge in [0.15, 0.2) is 6.29 Å². The van der Waals surface area contributed by atoms with Crippen LogP contribution in [-0.2, 0) is 9.47 Å². The second-order valence-corrected chi connectivity index (χ2v) is 2.74. The van der Waals surface area contributed by atoms with E-state index in [1.54, 1.807) is 0 Å². The third-order valence-electron chi connectivity index (χ3n) is 1.14. The molecular formula is C5H9IO3. The van der Waals surface area contributed by atoms with Gasteiger partial charge in [0.1, 0.15) is 6.10 Å². The molecule has 1 aliphatic rings. The maximum atomic E-state index is 8.57.